The number of benzene rings is 2. The van der Waals surface area contributed by atoms with Gasteiger partial charge in [-0.3, -0.25) is 0 Å². The number of ether oxygens (including phenoxy) is 1. The van der Waals surface area contributed by atoms with Gasteiger partial charge in [-0.05, 0) is 57.2 Å². The third kappa shape index (κ3) is 1.78. The van der Waals surface area contributed by atoms with Crippen molar-refractivity contribution in [2.24, 2.45) is 0 Å². The van der Waals surface area contributed by atoms with Gasteiger partial charge < -0.3 is 16.2 Å². The standard InChI is InChI=1S/C20H20N2OSSi/c1-25(2)18-9-12(21)3-5-15(18)20(14-7-8-24-17(14)11-23-20)16-6-4-13(22)10-19(16)25/h3-10H,11,21-22H2,1-2H3. The van der Waals surface area contributed by atoms with E-state index in [2.05, 4.69) is 48.8 Å². The first-order valence-electron chi connectivity index (χ1n) is 8.46. The Hall–Kier alpha value is -2.08. The fraction of sp³-hybridized carbons (Fsp3) is 0.200. The van der Waals surface area contributed by atoms with E-state index in [4.69, 9.17) is 16.2 Å². The molecule has 0 aliphatic carbocycles. The summed E-state index contributed by atoms with van der Waals surface area (Å²) >= 11 is 1.77. The zero-order valence-corrected chi connectivity index (χ0v) is 16.1. The highest BCUT2D eigenvalue weighted by Gasteiger charge is 2.53. The largest absolute Gasteiger partial charge is 0.399 e. The van der Waals surface area contributed by atoms with E-state index < -0.39 is 13.7 Å². The molecular weight excluding hydrogens is 344 g/mol. The number of nitrogens with two attached hydrogens (primary N) is 2. The normalized spacial score (nSPS) is 18.6. The van der Waals surface area contributed by atoms with Gasteiger partial charge in [0.05, 0.1) is 6.61 Å². The number of nitrogen functional groups attached to an aromatic ring is 2. The molecule has 2 aliphatic heterocycles. The van der Waals surface area contributed by atoms with E-state index in [0.717, 1.165) is 11.4 Å². The smallest absolute Gasteiger partial charge is 0.145 e. The first kappa shape index (κ1) is 15.2. The fourth-order valence-corrected chi connectivity index (χ4v) is 8.57. The van der Waals surface area contributed by atoms with E-state index in [1.54, 1.807) is 11.3 Å². The molecular formula is C20H20N2OSSi. The highest BCUT2D eigenvalue weighted by molar-refractivity contribution is 7.10. The van der Waals surface area contributed by atoms with Gasteiger partial charge in [0.15, 0.2) is 0 Å². The Morgan fingerprint density at radius 3 is 2.12 bits per heavy atom. The molecule has 0 amide bonds. The fourth-order valence-electron chi connectivity index (χ4n) is 4.53. The molecule has 0 radical (unpaired) electrons. The second kappa shape index (κ2) is 4.75. The number of thiophene rings is 1. The summed E-state index contributed by atoms with van der Waals surface area (Å²) in [5, 5.41) is 4.87. The van der Waals surface area contributed by atoms with Crippen molar-refractivity contribution >= 4 is 41.2 Å². The zero-order chi connectivity index (χ0) is 17.4. The molecule has 0 saturated carbocycles. The maximum Gasteiger partial charge on any atom is 0.145 e. The summed E-state index contributed by atoms with van der Waals surface area (Å²) in [5.41, 5.74) is 17.2. The molecule has 5 rings (SSSR count). The molecule has 0 saturated heterocycles. The minimum absolute atomic E-state index is 0.524. The SMILES string of the molecule is C[Si]1(C)c2cc(N)ccc2C2(OCc3sccc32)c2ccc(N)cc21. The van der Waals surface area contributed by atoms with Crippen molar-refractivity contribution in [2.75, 3.05) is 11.5 Å². The minimum Gasteiger partial charge on any atom is -0.399 e. The Morgan fingerprint density at radius 2 is 1.52 bits per heavy atom. The maximum absolute atomic E-state index is 6.57. The topological polar surface area (TPSA) is 61.3 Å². The van der Waals surface area contributed by atoms with E-state index in [9.17, 15) is 0 Å². The second-order valence-electron chi connectivity index (χ2n) is 7.46. The molecule has 3 nitrogen and oxygen atoms in total. The third-order valence-corrected chi connectivity index (χ3v) is 10.2. The number of rotatable bonds is 0. The summed E-state index contributed by atoms with van der Waals surface area (Å²) in [6.07, 6.45) is 0. The molecule has 1 aromatic heterocycles. The summed E-state index contributed by atoms with van der Waals surface area (Å²) < 4.78 is 6.57. The van der Waals surface area contributed by atoms with Crippen molar-refractivity contribution in [1.82, 2.24) is 0 Å². The molecule has 1 spiro atoms. The molecule has 0 fully saturated rings. The Morgan fingerprint density at radius 1 is 0.920 bits per heavy atom. The van der Waals surface area contributed by atoms with Crippen molar-refractivity contribution in [3.05, 3.63) is 69.4 Å². The zero-order valence-electron chi connectivity index (χ0n) is 14.3. The summed E-state index contributed by atoms with van der Waals surface area (Å²) in [5.74, 6) is 0. The van der Waals surface area contributed by atoms with Gasteiger partial charge in [-0.2, -0.15) is 0 Å². The van der Waals surface area contributed by atoms with Crippen LogP contribution in [0.2, 0.25) is 13.1 Å². The Labute approximate surface area is 152 Å². The monoisotopic (exact) mass is 364 g/mol. The van der Waals surface area contributed by atoms with Crippen LogP contribution in [0.5, 0.6) is 0 Å². The summed E-state index contributed by atoms with van der Waals surface area (Å²) in [6, 6.07) is 14.9. The molecule has 2 aromatic carbocycles. The molecule has 4 N–H and O–H groups in total. The van der Waals surface area contributed by atoms with Crippen molar-refractivity contribution in [2.45, 2.75) is 25.3 Å². The second-order valence-corrected chi connectivity index (χ2v) is 12.8. The summed E-state index contributed by atoms with van der Waals surface area (Å²) in [6.45, 7) is 5.41. The lowest BCUT2D eigenvalue weighted by Gasteiger charge is -2.44. The van der Waals surface area contributed by atoms with Crippen LogP contribution in [0.25, 0.3) is 0 Å². The lowest BCUT2D eigenvalue weighted by atomic mass is 9.80. The van der Waals surface area contributed by atoms with Crippen molar-refractivity contribution in [3.8, 4) is 0 Å². The van der Waals surface area contributed by atoms with Gasteiger partial charge in [0.2, 0.25) is 0 Å². The molecule has 3 heterocycles. The highest BCUT2D eigenvalue weighted by Crippen LogP contribution is 2.50. The van der Waals surface area contributed by atoms with Crippen LogP contribution in [0.3, 0.4) is 0 Å². The number of fused-ring (bicyclic) bond motifs is 6. The average Bonchev–Trinajstić information content (AvgIpc) is 3.17. The van der Waals surface area contributed by atoms with E-state index in [1.807, 2.05) is 12.1 Å². The van der Waals surface area contributed by atoms with Crippen molar-refractivity contribution in [3.63, 3.8) is 0 Å². The van der Waals surface area contributed by atoms with Gasteiger partial charge in [-0.25, -0.2) is 0 Å². The molecule has 3 aromatic rings. The number of hydrogen-bond acceptors (Lipinski definition) is 4. The Bertz CT molecular complexity index is 969. The van der Waals surface area contributed by atoms with Crippen LogP contribution in [0.15, 0.2) is 47.8 Å². The molecule has 0 atom stereocenters. The van der Waals surface area contributed by atoms with Gasteiger partial charge in [0.1, 0.15) is 13.7 Å². The quantitative estimate of drug-likeness (QED) is 0.476. The molecule has 0 unspecified atom stereocenters. The van der Waals surface area contributed by atoms with Gasteiger partial charge >= 0.3 is 0 Å². The highest BCUT2D eigenvalue weighted by atomic mass is 32.1. The van der Waals surface area contributed by atoms with Gasteiger partial charge in [-0.15, -0.1) is 11.3 Å². The maximum atomic E-state index is 6.57. The molecule has 25 heavy (non-hydrogen) atoms. The predicted molar refractivity (Wildman–Crippen MR) is 107 cm³/mol. The minimum atomic E-state index is -1.93. The average molecular weight is 365 g/mol. The summed E-state index contributed by atoms with van der Waals surface area (Å²) in [4.78, 5) is 1.31. The van der Waals surface area contributed by atoms with Crippen LogP contribution in [0.1, 0.15) is 21.6 Å². The van der Waals surface area contributed by atoms with Crippen LogP contribution in [-0.2, 0) is 16.9 Å². The van der Waals surface area contributed by atoms with Crippen LogP contribution in [-0.4, -0.2) is 8.07 Å². The number of hydrogen-bond donors (Lipinski definition) is 2. The third-order valence-electron chi connectivity index (χ3n) is 5.74. The van der Waals surface area contributed by atoms with Crippen LogP contribution >= 0.6 is 11.3 Å². The number of anilines is 2. The van der Waals surface area contributed by atoms with Gasteiger partial charge in [0, 0.05) is 21.8 Å². The van der Waals surface area contributed by atoms with E-state index in [1.165, 1.54) is 31.9 Å². The molecule has 5 heteroatoms. The van der Waals surface area contributed by atoms with Crippen LogP contribution < -0.4 is 21.8 Å². The molecule has 126 valence electrons. The van der Waals surface area contributed by atoms with E-state index in [0.29, 0.717) is 6.61 Å². The molecule has 2 aliphatic rings. The Balaban J connectivity index is 1.95. The predicted octanol–water partition coefficient (Wildman–Crippen LogP) is 2.87. The summed E-state index contributed by atoms with van der Waals surface area (Å²) in [7, 11) is -1.93. The van der Waals surface area contributed by atoms with Crippen molar-refractivity contribution in [1.29, 1.82) is 0 Å². The lowest BCUT2D eigenvalue weighted by Crippen LogP contribution is -2.63. The van der Waals surface area contributed by atoms with Gasteiger partial charge in [-0.1, -0.05) is 25.2 Å². The first-order valence-corrected chi connectivity index (χ1v) is 12.3. The molecule has 0 bridgehead atoms. The van der Waals surface area contributed by atoms with Crippen molar-refractivity contribution < 1.29 is 4.74 Å². The van der Waals surface area contributed by atoms with E-state index in [-0.39, 0.29) is 0 Å². The van der Waals surface area contributed by atoms with E-state index >= 15 is 0 Å². The lowest BCUT2D eigenvalue weighted by molar-refractivity contribution is 0.0280. The van der Waals surface area contributed by atoms with Crippen LogP contribution in [0, 0.1) is 0 Å². The van der Waals surface area contributed by atoms with Crippen LogP contribution in [0.4, 0.5) is 11.4 Å². The first-order chi connectivity index (χ1) is 11.9. The van der Waals surface area contributed by atoms with Gasteiger partial charge in [0.25, 0.3) is 0 Å². The Kier molecular flexibility index (Phi) is 2.89.